The summed E-state index contributed by atoms with van der Waals surface area (Å²) in [6, 6.07) is 0.779. The average Bonchev–Trinajstić information content (AvgIpc) is 2.10. The second-order valence-corrected chi connectivity index (χ2v) is 5.34. The second kappa shape index (κ2) is 5.92. The Bertz CT molecular complexity index is 128. The molecule has 1 aliphatic rings. The van der Waals surface area contributed by atoms with Crippen molar-refractivity contribution < 1.29 is 0 Å². The number of thioether (sulfide) groups is 1. The van der Waals surface area contributed by atoms with Gasteiger partial charge in [-0.05, 0) is 30.9 Å². The van der Waals surface area contributed by atoms with Gasteiger partial charge in [-0.2, -0.15) is 11.8 Å². The van der Waals surface area contributed by atoms with Crippen LogP contribution in [0, 0.1) is 11.8 Å². The molecule has 2 heteroatoms. The maximum Gasteiger partial charge on any atom is 0.0119 e. The van der Waals surface area contributed by atoms with Crippen LogP contribution < -0.4 is 5.32 Å². The van der Waals surface area contributed by atoms with E-state index >= 15 is 0 Å². The first-order chi connectivity index (χ1) is 6.25. The molecule has 0 aromatic heterocycles. The molecule has 0 aromatic rings. The van der Waals surface area contributed by atoms with Crippen LogP contribution >= 0.6 is 11.8 Å². The lowest BCUT2D eigenvalue weighted by molar-refractivity contribution is 0.212. The van der Waals surface area contributed by atoms with Crippen molar-refractivity contribution in [2.75, 3.05) is 18.6 Å². The first-order valence-electron chi connectivity index (χ1n) is 5.48. The molecular formula is C11H23NS. The van der Waals surface area contributed by atoms with Gasteiger partial charge in [-0.25, -0.2) is 0 Å². The van der Waals surface area contributed by atoms with Crippen LogP contribution in [0.1, 0.15) is 33.1 Å². The Balaban J connectivity index is 2.26. The fourth-order valence-corrected chi connectivity index (χ4v) is 2.73. The van der Waals surface area contributed by atoms with E-state index in [1.807, 2.05) is 11.8 Å². The lowest BCUT2D eigenvalue weighted by atomic mass is 9.79. The molecule has 0 spiro atoms. The largest absolute Gasteiger partial charge is 0.313 e. The Hall–Kier alpha value is 0.310. The summed E-state index contributed by atoms with van der Waals surface area (Å²) < 4.78 is 0. The number of hydrogen-bond donors (Lipinski definition) is 1. The second-order valence-electron chi connectivity index (χ2n) is 4.36. The molecule has 1 saturated carbocycles. The predicted octanol–water partition coefficient (Wildman–Crippen LogP) is 2.76. The normalized spacial score (nSPS) is 34.8. The van der Waals surface area contributed by atoms with Gasteiger partial charge < -0.3 is 5.32 Å². The van der Waals surface area contributed by atoms with E-state index in [0.717, 1.165) is 17.9 Å². The molecule has 0 aromatic carbocycles. The van der Waals surface area contributed by atoms with Crippen molar-refractivity contribution in [3.05, 3.63) is 0 Å². The number of nitrogens with one attached hydrogen (secondary N) is 1. The Morgan fingerprint density at radius 2 is 1.85 bits per heavy atom. The molecule has 0 aliphatic heterocycles. The van der Waals surface area contributed by atoms with E-state index in [2.05, 4.69) is 25.4 Å². The molecule has 0 bridgehead atoms. The molecule has 1 aliphatic carbocycles. The third kappa shape index (κ3) is 3.51. The molecule has 2 atom stereocenters. The fourth-order valence-electron chi connectivity index (χ4n) is 2.41. The Kier molecular flexibility index (Phi) is 5.18. The van der Waals surface area contributed by atoms with Crippen LogP contribution in [0.25, 0.3) is 0 Å². The molecule has 1 rings (SSSR count). The summed E-state index contributed by atoms with van der Waals surface area (Å²) in [6.07, 6.45) is 6.45. The minimum atomic E-state index is 0.779. The van der Waals surface area contributed by atoms with E-state index < -0.39 is 0 Å². The van der Waals surface area contributed by atoms with Crippen LogP contribution in [0.5, 0.6) is 0 Å². The fraction of sp³-hybridized carbons (Fsp3) is 1.00. The van der Waals surface area contributed by atoms with Crippen LogP contribution in [0.2, 0.25) is 0 Å². The molecule has 2 unspecified atom stereocenters. The van der Waals surface area contributed by atoms with Crippen LogP contribution in [0.15, 0.2) is 0 Å². The highest BCUT2D eigenvalue weighted by molar-refractivity contribution is 7.98. The summed E-state index contributed by atoms with van der Waals surface area (Å²) in [4.78, 5) is 0. The van der Waals surface area contributed by atoms with Gasteiger partial charge in [-0.3, -0.25) is 0 Å². The highest BCUT2D eigenvalue weighted by atomic mass is 32.2. The third-order valence-corrected chi connectivity index (χ3v) is 3.84. The zero-order valence-electron chi connectivity index (χ0n) is 9.18. The van der Waals surface area contributed by atoms with Gasteiger partial charge in [0.05, 0.1) is 0 Å². The van der Waals surface area contributed by atoms with Gasteiger partial charge in [0.2, 0.25) is 0 Å². The molecule has 0 saturated heterocycles. The summed E-state index contributed by atoms with van der Waals surface area (Å²) >= 11 is 1.93. The highest BCUT2D eigenvalue weighted by Gasteiger charge is 2.26. The van der Waals surface area contributed by atoms with Crippen LogP contribution in [0.4, 0.5) is 0 Å². The lowest BCUT2D eigenvalue weighted by Gasteiger charge is -2.35. The minimum Gasteiger partial charge on any atom is -0.313 e. The maximum atomic E-state index is 3.70. The highest BCUT2D eigenvalue weighted by Crippen LogP contribution is 2.28. The van der Waals surface area contributed by atoms with Gasteiger partial charge in [0.1, 0.15) is 0 Å². The number of hydrogen-bond acceptors (Lipinski definition) is 2. The van der Waals surface area contributed by atoms with E-state index in [-0.39, 0.29) is 0 Å². The van der Waals surface area contributed by atoms with E-state index in [4.69, 9.17) is 0 Å². The monoisotopic (exact) mass is 201 g/mol. The van der Waals surface area contributed by atoms with Gasteiger partial charge in [0.25, 0.3) is 0 Å². The molecule has 1 fully saturated rings. The Morgan fingerprint density at radius 3 is 2.38 bits per heavy atom. The summed E-state index contributed by atoms with van der Waals surface area (Å²) in [6.45, 7) is 5.97. The van der Waals surface area contributed by atoms with Crippen LogP contribution in [-0.4, -0.2) is 24.6 Å². The van der Waals surface area contributed by atoms with Crippen molar-refractivity contribution in [3.8, 4) is 0 Å². The lowest BCUT2D eigenvalue weighted by Crippen LogP contribution is -2.43. The van der Waals surface area contributed by atoms with E-state index in [0.29, 0.717) is 0 Å². The van der Waals surface area contributed by atoms with Crippen molar-refractivity contribution in [1.29, 1.82) is 0 Å². The van der Waals surface area contributed by atoms with Crippen molar-refractivity contribution in [2.45, 2.75) is 39.2 Å². The topological polar surface area (TPSA) is 12.0 Å². The third-order valence-electron chi connectivity index (χ3n) is 3.23. The molecule has 0 heterocycles. The van der Waals surface area contributed by atoms with Gasteiger partial charge in [-0.1, -0.05) is 20.3 Å². The molecule has 0 radical (unpaired) electrons. The van der Waals surface area contributed by atoms with Crippen molar-refractivity contribution >= 4 is 11.8 Å². The SMILES string of the molecule is CSCCNC1C(C)CCCC1C. The van der Waals surface area contributed by atoms with Crippen molar-refractivity contribution in [1.82, 2.24) is 5.32 Å². The average molecular weight is 201 g/mol. The van der Waals surface area contributed by atoms with Gasteiger partial charge >= 0.3 is 0 Å². The summed E-state index contributed by atoms with van der Waals surface area (Å²) in [5.74, 6) is 3.01. The van der Waals surface area contributed by atoms with E-state index in [1.165, 1.54) is 31.6 Å². The molecule has 78 valence electrons. The maximum absolute atomic E-state index is 3.70. The molecule has 1 N–H and O–H groups in total. The molecular weight excluding hydrogens is 178 g/mol. The summed E-state index contributed by atoms with van der Waals surface area (Å²) in [5.41, 5.74) is 0. The van der Waals surface area contributed by atoms with Crippen LogP contribution in [-0.2, 0) is 0 Å². The zero-order chi connectivity index (χ0) is 9.68. The molecule has 1 nitrogen and oxygen atoms in total. The quantitative estimate of drug-likeness (QED) is 0.702. The standard InChI is InChI=1S/C11H23NS/c1-9-5-4-6-10(2)11(9)12-7-8-13-3/h9-12H,4-8H2,1-3H3. The van der Waals surface area contributed by atoms with E-state index in [9.17, 15) is 0 Å². The predicted molar refractivity (Wildman–Crippen MR) is 62.4 cm³/mol. The van der Waals surface area contributed by atoms with E-state index in [1.54, 1.807) is 0 Å². The first kappa shape index (κ1) is 11.4. The van der Waals surface area contributed by atoms with Gasteiger partial charge in [0, 0.05) is 18.3 Å². The number of rotatable bonds is 4. The minimum absolute atomic E-state index is 0.779. The van der Waals surface area contributed by atoms with Crippen molar-refractivity contribution in [2.24, 2.45) is 11.8 Å². The summed E-state index contributed by atoms with van der Waals surface area (Å²) in [7, 11) is 0. The summed E-state index contributed by atoms with van der Waals surface area (Å²) in [5, 5.41) is 3.70. The first-order valence-corrected chi connectivity index (χ1v) is 6.87. The molecule has 13 heavy (non-hydrogen) atoms. The van der Waals surface area contributed by atoms with Crippen molar-refractivity contribution in [3.63, 3.8) is 0 Å². The zero-order valence-corrected chi connectivity index (χ0v) is 9.99. The smallest absolute Gasteiger partial charge is 0.0119 e. The Labute approximate surface area is 87.1 Å². The van der Waals surface area contributed by atoms with Crippen LogP contribution in [0.3, 0.4) is 0 Å². The van der Waals surface area contributed by atoms with Gasteiger partial charge in [-0.15, -0.1) is 0 Å². The Morgan fingerprint density at radius 1 is 1.23 bits per heavy atom. The van der Waals surface area contributed by atoms with Gasteiger partial charge in [0.15, 0.2) is 0 Å². The molecule has 0 amide bonds.